The molecule has 3 aromatic carbocycles. The second kappa shape index (κ2) is 10.1. The number of urea groups is 1. The molecular formula is C24H25N3O2. The maximum Gasteiger partial charge on any atom is 0.312 e. The predicted octanol–water partition coefficient (Wildman–Crippen LogP) is 3.89. The zero-order valence-electron chi connectivity index (χ0n) is 16.1. The second-order valence-corrected chi connectivity index (χ2v) is 6.90. The van der Waals surface area contributed by atoms with Crippen LogP contribution in [0.1, 0.15) is 35.2 Å². The van der Waals surface area contributed by atoms with Gasteiger partial charge in [-0.05, 0) is 23.1 Å². The van der Waals surface area contributed by atoms with Gasteiger partial charge in [0.2, 0.25) is 5.91 Å². The molecular weight excluding hydrogens is 362 g/mol. The summed E-state index contributed by atoms with van der Waals surface area (Å²) in [6, 6.07) is 28.0. The van der Waals surface area contributed by atoms with E-state index in [1.807, 2.05) is 91.0 Å². The first kappa shape index (κ1) is 20.1. The summed E-state index contributed by atoms with van der Waals surface area (Å²) in [6.45, 7) is 0. The number of carbonyl (C=O) groups excluding carboxylic acids is 2. The van der Waals surface area contributed by atoms with Crippen LogP contribution in [-0.2, 0) is 11.2 Å². The minimum atomic E-state index is -0.657. The first-order chi connectivity index (χ1) is 14.1. The van der Waals surface area contributed by atoms with Gasteiger partial charge in [-0.25, -0.2) is 4.79 Å². The number of amides is 3. The predicted molar refractivity (Wildman–Crippen MR) is 114 cm³/mol. The highest BCUT2D eigenvalue weighted by atomic mass is 16.2. The van der Waals surface area contributed by atoms with E-state index in [-0.39, 0.29) is 18.4 Å². The van der Waals surface area contributed by atoms with Crippen LogP contribution in [-0.4, -0.2) is 11.9 Å². The van der Waals surface area contributed by atoms with Crippen molar-refractivity contribution in [2.24, 2.45) is 5.73 Å². The van der Waals surface area contributed by atoms with E-state index in [0.29, 0.717) is 6.42 Å². The molecule has 0 saturated heterocycles. The SMILES string of the molecule is NC(=O)N[C@H](CC(=O)N[C@H](Cc1ccccc1)c1ccccc1)c1ccccc1. The first-order valence-electron chi connectivity index (χ1n) is 9.61. The van der Waals surface area contributed by atoms with Crippen LogP contribution in [0.3, 0.4) is 0 Å². The number of carbonyl (C=O) groups is 2. The van der Waals surface area contributed by atoms with Gasteiger partial charge in [0.1, 0.15) is 0 Å². The van der Waals surface area contributed by atoms with Crippen molar-refractivity contribution in [3.05, 3.63) is 108 Å². The molecule has 3 rings (SSSR count). The maximum atomic E-state index is 12.9. The van der Waals surface area contributed by atoms with Gasteiger partial charge in [0.05, 0.1) is 18.5 Å². The fraction of sp³-hybridized carbons (Fsp3) is 0.167. The average Bonchev–Trinajstić information content (AvgIpc) is 2.74. The largest absolute Gasteiger partial charge is 0.352 e. The Kier molecular flexibility index (Phi) is 7.00. The first-order valence-corrected chi connectivity index (χ1v) is 9.61. The summed E-state index contributed by atoms with van der Waals surface area (Å²) in [5.41, 5.74) is 8.32. The van der Waals surface area contributed by atoms with Crippen LogP contribution in [0.4, 0.5) is 4.79 Å². The minimum Gasteiger partial charge on any atom is -0.352 e. The topological polar surface area (TPSA) is 84.2 Å². The van der Waals surface area contributed by atoms with Crippen molar-refractivity contribution < 1.29 is 9.59 Å². The van der Waals surface area contributed by atoms with Crippen molar-refractivity contribution in [1.82, 2.24) is 10.6 Å². The molecule has 4 N–H and O–H groups in total. The van der Waals surface area contributed by atoms with Gasteiger partial charge in [-0.15, -0.1) is 0 Å². The molecule has 5 heteroatoms. The number of nitrogens with one attached hydrogen (secondary N) is 2. The highest BCUT2D eigenvalue weighted by Crippen LogP contribution is 2.21. The minimum absolute atomic E-state index is 0.102. The van der Waals surface area contributed by atoms with Crippen molar-refractivity contribution in [3.63, 3.8) is 0 Å². The Morgan fingerprint density at radius 2 is 1.17 bits per heavy atom. The number of benzene rings is 3. The Hall–Kier alpha value is -3.60. The average molecular weight is 387 g/mol. The molecule has 0 spiro atoms. The lowest BCUT2D eigenvalue weighted by Gasteiger charge is -2.22. The molecule has 0 unspecified atom stereocenters. The van der Waals surface area contributed by atoms with Crippen molar-refractivity contribution in [2.45, 2.75) is 24.9 Å². The molecule has 0 radical (unpaired) electrons. The molecule has 3 amide bonds. The number of hydrogen-bond acceptors (Lipinski definition) is 2. The Labute approximate surface area is 170 Å². The van der Waals surface area contributed by atoms with E-state index in [9.17, 15) is 9.59 Å². The van der Waals surface area contributed by atoms with E-state index in [4.69, 9.17) is 5.73 Å². The van der Waals surface area contributed by atoms with Crippen molar-refractivity contribution >= 4 is 11.9 Å². The second-order valence-electron chi connectivity index (χ2n) is 6.90. The highest BCUT2D eigenvalue weighted by Gasteiger charge is 2.20. The molecule has 29 heavy (non-hydrogen) atoms. The fourth-order valence-electron chi connectivity index (χ4n) is 3.34. The van der Waals surface area contributed by atoms with Gasteiger partial charge in [0.25, 0.3) is 0 Å². The van der Waals surface area contributed by atoms with E-state index in [2.05, 4.69) is 10.6 Å². The molecule has 3 aromatic rings. The Bertz CT molecular complexity index is 915. The van der Waals surface area contributed by atoms with Crippen molar-refractivity contribution in [2.75, 3.05) is 0 Å². The van der Waals surface area contributed by atoms with Gasteiger partial charge >= 0.3 is 6.03 Å². The summed E-state index contributed by atoms with van der Waals surface area (Å²) >= 11 is 0. The number of rotatable bonds is 8. The molecule has 0 heterocycles. The van der Waals surface area contributed by atoms with Crippen LogP contribution in [0.25, 0.3) is 0 Å². The molecule has 0 aliphatic rings. The van der Waals surface area contributed by atoms with Gasteiger partial charge in [-0.2, -0.15) is 0 Å². The Balaban J connectivity index is 1.75. The summed E-state index contributed by atoms with van der Waals surface area (Å²) in [4.78, 5) is 24.3. The number of nitrogens with two attached hydrogens (primary N) is 1. The van der Waals surface area contributed by atoms with Crippen LogP contribution in [0.5, 0.6) is 0 Å². The summed E-state index contributed by atoms with van der Waals surface area (Å²) < 4.78 is 0. The highest BCUT2D eigenvalue weighted by molar-refractivity contribution is 5.79. The monoisotopic (exact) mass is 387 g/mol. The quantitative estimate of drug-likeness (QED) is 0.548. The number of primary amides is 1. The Morgan fingerprint density at radius 3 is 1.69 bits per heavy atom. The molecule has 2 atom stereocenters. The standard InChI is InChI=1S/C24H25N3O2/c25-24(29)27-22(20-14-8-3-9-15-20)17-23(28)26-21(19-12-6-2-7-13-19)16-18-10-4-1-5-11-18/h1-15,21-22H,16-17H2,(H,26,28)(H3,25,27,29)/t21-,22-/m1/s1. The number of hydrogen-bond donors (Lipinski definition) is 3. The van der Waals surface area contributed by atoms with Gasteiger partial charge in [-0.3, -0.25) is 4.79 Å². The van der Waals surface area contributed by atoms with E-state index in [1.54, 1.807) is 0 Å². The smallest absolute Gasteiger partial charge is 0.312 e. The lowest BCUT2D eigenvalue weighted by molar-refractivity contribution is -0.122. The zero-order chi connectivity index (χ0) is 20.5. The summed E-state index contributed by atoms with van der Waals surface area (Å²) in [6.07, 6.45) is 0.779. The Morgan fingerprint density at radius 1 is 0.690 bits per heavy atom. The fourth-order valence-corrected chi connectivity index (χ4v) is 3.34. The van der Waals surface area contributed by atoms with Crippen LogP contribution in [0.2, 0.25) is 0 Å². The molecule has 0 saturated carbocycles. The lowest BCUT2D eigenvalue weighted by atomic mass is 9.98. The van der Waals surface area contributed by atoms with Gasteiger partial charge < -0.3 is 16.4 Å². The third-order valence-corrected chi connectivity index (χ3v) is 4.73. The molecule has 0 aliphatic heterocycles. The van der Waals surface area contributed by atoms with Crippen molar-refractivity contribution in [3.8, 4) is 0 Å². The van der Waals surface area contributed by atoms with Crippen molar-refractivity contribution in [1.29, 1.82) is 0 Å². The van der Waals surface area contributed by atoms with Crippen LogP contribution >= 0.6 is 0 Å². The summed E-state index contributed by atoms with van der Waals surface area (Å²) in [5, 5.41) is 5.79. The van der Waals surface area contributed by atoms with Gasteiger partial charge in [0, 0.05) is 0 Å². The molecule has 0 aromatic heterocycles. The molecule has 0 bridgehead atoms. The van der Waals surface area contributed by atoms with E-state index >= 15 is 0 Å². The summed E-state index contributed by atoms with van der Waals surface area (Å²) in [5.74, 6) is -0.155. The van der Waals surface area contributed by atoms with E-state index in [1.165, 1.54) is 0 Å². The molecule has 0 aliphatic carbocycles. The van der Waals surface area contributed by atoms with Gasteiger partial charge in [-0.1, -0.05) is 91.0 Å². The molecule has 0 fully saturated rings. The summed E-state index contributed by atoms with van der Waals surface area (Å²) in [7, 11) is 0. The van der Waals surface area contributed by atoms with Crippen LogP contribution in [0, 0.1) is 0 Å². The normalized spacial score (nSPS) is 12.6. The van der Waals surface area contributed by atoms with Gasteiger partial charge in [0.15, 0.2) is 0 Å². The van der Waals surface area contributed by atoms with E-state index < -0.39 is 12.1 Å². The third kappa shape index (κ3) is 6.21. The zero-order valence-corrected chi connectivity index (χ0v) is 16.1. The molecule has 5 nitrogen and oxygen atoms in total. The third-order valence-electron chi connectivity index (χ3n) is 4.73. The van der Waals surface area contributed by atoms with Crippen LogP contribution < -0.4 is 16.4 Å². The van der Waals surface area contributed by atoms with Crippen LogP contribution in [0.15, 0.2) is 91.0 Å². The lowest BCUT2D eigenvalue weighted by Crippen LogP contribution is -2.38. The van der Waals surface area contributed by atoms with E-state index in [0.717, 1.165) is 16.7 Å². The maximum absolute atomic E-state index is 12.9. The molecule has 148 valence electrons.